The van der Waals surface area contributed by atoms with Crippen LogP contribution in [0.2, 0.25) is 0 Å². The summed E-state index contributed by atoms with van der Waals surface area (Å²) in [5.41, 5.74) is 7.94. The minimum Gasteiger partial charge on any atom is -0.508 e. The molecule has 3 aromatic carbocycles. The Morgan fingerprint density at radius 2 is 1.48 bits per heavy atom. The minimum absolute atomic E-state index is 0.0247. The Morgan fingerprint density at radius 3 is 1.97 bits per heavy atom. The number of carboxylic acids is 1. The Balaban J connectivity index is 0.000000316. The van der Waals surface area contributed by atoms with Crippen LogP contribution in [0.15, 0.2) is 84.9 Å². The molecule has 0 saturated carbocycles. The lowest BCUT2D eigenvalue weighted by molar-refractivity contribution is -0.135. The lowest BCUT2D eigenvalue weighted by atomic mass is 10.1. The molecule has 0 spiro atoms. The van der Waals surface area contributed by atoms with E-state index in [9.17, 15) is 14.7 Å². The van der Waals surface area contributed by atoms with Crippen LogP contribution in [0.3, 0.4) is 0 Å². The first-order valence-corrected chi connectivity index (χ1v) is 9.66. The topological polar surface area (TPSA) is 113 Å². The monoisotopic (exact) mass is 422 g/mol. The number of phenolic OH excluding ortho intramolecular Hbond substituents is 1. The molecule has 0 heterocycles. The molecule has 0 aliphatic heterocycles. The zero-order valence-electron chi connectivity index (χ0n) is 17.2. The Morgan fingerprint density at radius 1 is 0.935 bits per heavy atom. The summed E-state index contributed by atoms with van der Waals surface area (Å²) in [5.74, 6) is -1.14. The largest absolute Gasteiger partial charge is 0.508 e. The van der Waals surface area contributed by atoms with Crippen molar-refractivity contribution < 1.29 is 24.5 Å². The van der Waals surface area contributed by atoms with Crippen LogP contribution in [-0.2, 0) is 16.1 Å². The molecule has 1 atom stereocenters. The average Bonchev–Trinajstić information content (AvgIpc) is 2.78. The van der Waals surface area contributed by atoms with Crippen molar-refractivity contribution in [2.24, 2.45) is 5.73 Å². The summed E-state index contributed by atoms with van der Waals surface area (Å²) in [7, 11) is 0. The fourth-order valence-corrected chi connectivity index (χ4v) is 2.58. The second kappa shape index (κ2) is 12.0. The number of carbonyl (C=O) groups excluding carboxylic acids is 1. The number of carboxylic acid groups (broad SMARTS) is 1. The number of phenols is 1. The van der Waals surface area contributed by atoms with Crippen molar-refractivity contribution in [1.82, 2.24) is 0 Å². The van der Waals surface area contributed by atoms with Gasteiger partial charge in [-0.1, -0.05) is 60.7 Å². The van der Waals surface area contributed by atoms with E-state index in [1.54, 1.807) is 12.1 Å². The summed E-state index contributed by atoms with van der Waals surface area (Å²) < 4.78 is 5.14. The summed E-state index contributed by atoms with van der Waals surface area (Å²) in [6, 6.07) is 24.9. The number of nitrogens with zero attached hydrogens (tertiary/aromatic N) is 1. The predicted octanol–water partition coefficient (Wildman–Crippen LogP) is 4.33. The van der Waals surface area contributed by atoms with Crippen molar-refractivity contribution in [1.29, 1.82) is 0 Å². The van der Waals surface area contributed by atoms with Gasteiger partial charge in [0.1, 0.15) is 18.9 Å². The molecule has 0 aliphatic rings. The molecule has 3 rings (SSSR count). The zero-order chi connectivity index (χ0) is 22.6. The van der Waals surface area contributed by atoms with Crippen LogP contribution in [0.25, 0.3) is 0 Å². The third-order valence-electron chi connectivity index (χ3n) is 4.21. The molecule has 1 amide bonds. The van der Waals surface area contributed by atoms with E-state index in [1.807, 2.05) is 55.5 Å². The molecule has 3 aromatic rings. The van der Waals surface area contributed by atoms with Gasteiger partial charge in [-0.15, -0.1) is 0 Å². The summed E-state index contributed by atoms with van der Waals surface area (Å²) in [5, 5.41) is 18.2. The Labute approximate surface area is 181 Å². The first-order valence-electron chi connectivity index (χ1n) is 9.66. The molecule has 7 heteroatoms. The Bertz CT molecular complexity index is 945. The van der Waals surface area contributed by atoms with Crippen molar-refractivity contribution >= 4 is 17.7 Å². The van der Waals surface area contributed by atoms with Crippen LogP contribution in [0, 0.1) is 0 Å². The van der Waals surface area contributed by atoms with Gasteiger partial charge < -0.3 is 20.7 Å². The smallest absolute Gasteiger partial charge is 0.415 e. The van der Waals surface area contributed by atoms with Crippen LogP contribution < -0.4 is 10.6 Å². The van der Waals surface area contributed by atoms with E-state index >= 15 is 0 Å². The van der Waals surface area contributed by atoms with Crippen molar-refractivity contribution in [3.63, 3.8) is 0 Å². The van der Waals surface area contributed by atoms with Gasteiger partial charge in [-0.25, -0.2) is 4.79 Å². The van der Waals surface area contributed by atoms with E-state index in [-0.39, 0.29) is 18.4 Å². The van der Waals surface area contributed by atoms with Crippen LogP contribution in [0.4, 0.5) is 10.5 Å². The molecule has 4 N–H and O–H groups in total. The van der Waals surface area contributed by atoms with Crippen molar-refractivity contribution in [3.8, 4) is 5.75 Å². The maximum Gasteiger partial charge on any atom is 0.415 e. The molecular formula is C24H26N2O5. The van der Waals surface area contributed by atoms with Gasteiger partial charge in [0.05, 0.1) is 0 Å². The number of nitrogens with two attached hydrogens (primary N) is 1. The molecule has 0 radical (unpaired) electrons. The number of ether oxygens (including phenoxy) is 1. The number of rotatable bonds is 6. The molecule has 0 fully saturated rings. The molecule has 0 aliphatic carbocycles. The van der Waals surface area contributed by atoms with E-state index in [2.05, 4.69) is 0 Å². The highest BCUT2D eigenvalue weighted by atomic mass is 16.6. The standard InChI is InChI=1S/C16H15NO5.C8H11N/c18-14-8-6-13(7-9-14)17(10-15(19)20)16(21)22-11-12-4-2-1-3-5-12;1-7(9)8-5-3-2-4-6-8/h1-9,18H,10-11H2,(H,19,20);2-7H,9H2,1H3. The summed E-state index contributed by atoms with van der Waals surface area (Å²) in [4.78, 5) is 24.0. The van der Waals surface area contributed by atoms with Gasteiger partial charge >= 0.3 is 12.1 Å². The fraction of sp³-hybridized carbons (Fsp3) is 0.167. The number of amides is 1. The number of benzene rings is 3. The molecule has 7 nitrogen and oxygen atoms in total. The van der Waals surface area contributed by atoms with E-state index in [4.69, 9.17) is 15.6 Å². The number of hydrogen-bond acceptors (Lipinski definition) is 5. The van der Waals surface area contributed by atoms with Gasteiger partial charge in [0.2, 0.25) is 0 Å². The SMILES string of the molecule is CC(N)c1ccccc1.O=C(O)CN(C(=O)OCc1ccccc1)c1ccc(O)cc1. The molecule has 0 bridgehead atoms. The average molecular weight is 422 g/mol. The van der Waals surface area contributed by atoms with E-state index < -0.39 is 18.6 Å². The van der Waals surface area contributed by atoms with E-state index in [0.717, 1.165) is 10.5 Å². The summed E-state index contributed by atoms with van der Waals surface area (Å²) in [6.45, 7) is 1.50. The second-order valence-corrected chi connectivity index (χ2v) is 6.74. The highest BCUT2D eigenvalue weighted by Gasteiger charge is 2.20. The number of aliphatic carboxylic acids is 1. The quantitative estimate of drug-likeness (QED) is 0.545. The molecule has 0 saturated heterocycles. The van der Waals surface area contributed by atoms with Crippen LogP contribution in [-0.4, -0.2) is 28.8 Å². The zero-order valence-corrected chi connectivity index (χ0v) is 17.2. The van der Waals surface area contributed by atoms with Gasteiger partial charge in [0.15, 0.2) is 0 Å². The third-order valence-corrected chi connectivity index (χ3v) is 4.21. The molecule has 31 heavy (non-hydrogen) atoms. The van der Waals surface area contributed by atoms with E-state index in [0.29, 0.717) is 5.69 Å². The van der Waals surface area contributed by atoms with Crippen LogP contribution >= 0.6 is 0 Å². The third kappa shape index (κ3) is 8.20. The maximum absolute atomic E-state index is 12.1. The molecular weight excluding hydrogens is 396 g/mol. The summed E-state index contributed by atoms with van der Waals surface area (Å²) >= 11 is 0. The van der Waals surface area contributed by atoms with Crippen molar-refractivity contribution in [2.75, 3.05) is 11.4 Å². The minimum atomic E-state index is -1.16. The highest BCUT2D eigenvalue weighted by Crippen LogP contribution is 2.19. The summed E-state index contributed by atoms with van der Waals surface area (Å²) in [6.07, 6.45) is -0.767. The molecule has 1 unspecified atom stereocenters. The van der Waals surface area contributed by atoms with Gasteiger partial charge in [0, 0.05) is 11.7 Å². The van der Waals surface area contributed by atoms with Crippen LogP contribution in [0.1, 0.15) is 24.1 Å². The maximum atomic E-state index is 12.1. The van der Waals surface area contributed by atoms with Gasteiger partial charge in [0.25, 0.3) is 0 Å². The number of hydrogen-bond donors (Lipinski definition) is 3. The van der Waals surface area contributed by atoms with Gasteiger partial charge in [-0.2, -0.15) is 0 Å². The second-order valence-electron chi connectivity index (χ2n) is 6.74. The first kappa shape index (κ1) is 23.4. The Kier molecular flexibility index (Phi) is 9.07. The number of anilines is 1. The Hall–Kier alpha value is -3.84. The van der Waals surface area contributed by atoms with Crippen molar-refractivity contribution in [2.45, 2.75) is 19.6 Å². The molecule has 0 aromatic heterocycles. The predicted molar refractivity (Wildman–Crippen MR) is 119 cm³/mol. The number of aromatic hydroxyl groups is 1. The van der Waals surface area contributed by atoms with Crippen molar-refractivity contribution in [3.05, 3.63) is 96.1 Å². The van der Waals surface area contributed by atoms with Crippen LogP contribution in [0.5, 0.6) is 5.75 Å². The molecule has 162 valence electrons. The lowest BCUT2D eigenvalue weighted by Crippen LogP contribution is -2.36. The van der Waals surface area contributed by atoms with E-state index in [1.165, 1.54) is 29.8 Å². The van der Waals surface area contributed by atoms with Gasteiger partial charge in [-0.3, -0.25) is 9.69 Å². The first-order chi connectivity index (χ1) is 14.9. The number of carbonyl (C=O) groups is 2. The fourth-order valence-electron chi connectivity index (χ4n) is 2.58. The lowest BCUT2D eigenvalue weighted by Gasteiger charge is -2.20. The normalized spacial score (nSPS) is 10.9. The van der Waals surface area contributed by atoms with Gasteiger partial charge in [-0.05, 0) is 42.3 Å². The highest BCUT2D eigenvalue weighted by molar-refractivity contribution is 5.93.